The number of nitrogens with zero attached hydrogens (tertiary/aromatic N) is 1. The molecule has 0 atom stereocenters. The molecule has 0 aliphatic carbocycles. The van der Waals surface area contributed by atoms with Gasteiger partial charge in [0, 0.05) is 10.9 Å². The number of thiazole rings is 1. The van der Waals surface area contributed by atoms with E-state index in [0.717, 1.165) is 28.6 Å². The van der Waals surface area contributed by atoms with E-state index in [1.54, 1.807) is 6.26 Å². The summed E-state index contributed by atoms with van der Waals surface area (Å²) >= 11 is 5.31. The van der Waals surface area contributed by atoms with Gasteiger partial charge in [0.2, 0.25) is 0 Å². The van der Waals surface area contributed by atoms with E-state index in [0.29, 0.717) is 0 Å². The molecule has 3 aromatic rings. The zero-order valence-electron chi connectivity index (χ0n) is 11.1. The van der Waals surface area contributed by atoms with Crippen molar-refractivity contribution >= 4 is 37.5 Å². The lowest BCUT2D eigenvalue weighted by Crippen LogP contribution is -1.87. The van der Waals surface area contributed by atoms with Crippen LogP contribution < -0.4 is 0 Å². The van der Waals surface area contributed by atoms with Crippen LogP contribution in [0.25, 0.3) is 10.2 Å². The number of halogens is 1. The molecule has 0 aliphatic heterocycles. The lowest BCUT2D eigenvalue weighted by molar-refractivity contribution is 0.495. The van der Waals surface area contributed by atoms with Gasteiger partial charge >= 0.3 is 0 Å². The molecule has 0 fully saturated rings. The van der Waals surface area contributed by atoms with Crippen molar-refractivity contribution in [1.29, 1.82) is 0 Å². The summed E-state index contributed by atoms with van der Waals surface area (Å²) < 4.78 is 7.73. The summed E-state index contributed by atoms with van der Waals surface area (Å²) in [6, 6.07) is 10.3. The van der Waals surface area contributed by atoms with Gasteiger partial charge in [-0.25, -0.2) is 4.98 Å². The topological polar surface area (TPSA) is 26.0 Å². The number of benzene rings is 1. The molecule has 2 heterocycles. The smallest absolute Gasteiger partial charge is 0.103 e. The van der Waals surface area contributed by atoms with Gasteiger partial charge in [0.05, 0.1) is 21.5 Å². The third kappa shape index (κ3) is 3.49. The van der Waals surface area contributed by atoms with Crippen LogP contribution in [0.5, 0.6) is 0 Å². The molecule has 1 aromatic carbocycles. The van der Waals surface area contributed by atoms with Gasteiger partial charge in [-0.15, -0.1) is 11.3 Å². The van der Waals surface area contributed by atoms with Crippen LogP contribution in [0.15, 0.2) is 45.5 Å². The second-order valence-corrected chi connectivity index (χ2v) is 6.89. The van der Waals surface area contributed by atoms with Crippen molar-refractivity contribution in [3.8, 4) is 0 Å². The SMILES string of the molecule is Brc1ccc2nc(CCCCCc3ccco3)sc2c1. The fourth-order valence-electron chi connectivity index (χ4n) is 2.26. The van der Waals surface area contributed by atoms with Crippen LogP contribution >= 0.6 is 27.3 Å². The van der Waals surface area contributed by atoms with E-state index in [1.807, 2.05) is 23.5 Å². The molecule has 104 valence electrons. The van der Waals surface area contributed by atoms with Crippen LogP contribution in [0.2, 0.25) is 0 Å². The third-order valence-electron chi connectivity index (χ3n) is 3.29. The predicted octanol–water partition coefficient (Wildman–Crippen LogP) is 5.61. The van der Waals surface area contributed by atoms with Crippen LogP contribution in [0.3, 0.4) is 0 Å². The van der Waals surface area contributed by atoms with Gasteiger partial charge in [-0.05, 0) is 49.6 Å². The van der Waals surface area contributed by atoms with E-state index < -0.39 is 0 Å². The molecular formula is C16H16BrNOS. The fourth-order valence-corrected chi connectivity index (χ4v) is 3.82. The minimum Gasteiger partial charge on any atom is -0.469 e. The number of unbranched alkanes of at least 4 members (excludes halogenated alkanes) is 2. The monoisotopic (exact) mass is 349 g/mol. The molecule has 3 rings (SSSR count). The van der Waals surface area contributed by atoms with E-state index >= 15 is 0 Å². The lowest BCUT2D eigenvalue weighted by Gasteiger charge is -1.97. The molecule has 0 unspecified atom stereocenters. The Labute approximate surface area is 131 Å². The van der Waals surface area contributed by atoms with Crippen LogP contribution in [0, 0.1) is 0 Å². The second-order valence-electron chi connectivity index (χ2n) is 4.86. The summed E-state index contributed by atoms with van der Waals surface area (Å²) in [4.78, 5) is 4.68. The van der Waals surface area contributed by atoms with Crippen molar-refractivity contribution in [3.05, 3.63) is 51.8 Å². The van der Waals surface area contributed by atoms with Gasteiger partial charge in [0.25, 0.3) is 0 Å². The first-order valence-electron chi connectivity index (χ1n) is 6.88. The molecule has 2 nitrogen and oxygen atoms in total. The first kappa shape index (κ1) is 13.8. The first-order valence-corrected chi connectivity index (χ1v) is 8.49. The van der Waals surface area contributed by atoms with Crippen molar-refractivity contribution in [3.63, 3.8) is 0 Å². The van der Waals surface area contributed by atoms with Crippen LogP contribution in [-0.2, 0) is 12.8 Å². The molecule has 0 radical (unpaired) electrons. The molecule has 0 N–H and O–H groups in total. The number of furan rings is 1. The summed E-state index contributed by atoms with van der Waals surface area (Å²) in [5.41, 5.74) is 1.11. The van der Waals surface area contributed by atoms with E-state index in [9.17, 15) is 0 Å². The average molecular weight is 350 g/mol. The second kappa shape index (κ2) is 6.55. The summed E-state index contributed by atoms with van der Waals surface area (Å²) in [5, 5.41) is 1.25. The summed E-state index contributed by atoms with van der Waals surface area (Å²) in [6.07, 6.45) is 7.47. The molecule has 0 saturated heterocycles. The minimum atomic E-state index is 1.04. The number of aromatic nitrogens is 1. The maximum absolute atomic E-state index is 5.33. The number of hydrogen-bond acceptors (Lipinski definition) is 3. The van der Waals surface area contributed by atoms with Gasteiger partial charge in [-0.2, -0.15) is 0 Å². The Bertz CT molecular complexity index is 675. The van der Waals surface area contributed by atoms with E-state index in [2.05, 4.69) is 39.1 Å². The fraction of sp³-hybridized carbons (Fsp3) is 0.312. The molecule has 0 spiro atoms. The van der Waals surface area contributed by atoms with E-state index in [-0.39, 0.29) is 0 Å². The number of aryl methyl sites for hydroxylation is 2. The Morgan fingerprint density at radius 1 is 1.10 bits per heavy atom. The zero-order valence-corrected chi connectivity index (χ0v) is 13.5. The highest BCUT2D eigenvalue weighted by molar-refractivity contribution is 9.10. The number of fused-ring (bicyclic) bond motifs is 1. The van der Waals surface area contributed by atoms with Crippen LogP contribution in [0.4, 0.5) is 0 Å². The maximum atomic E-state index is 5.33. The van der Waals surface area contributed by atoms with Crippen molar-refractivity contribution in [2.24, 2.45) is 0 Å². The Morgan fingerprint density at radius 3 is 2.85 bits per heavy atom. The molecule has 0 bridgehead atoms. The summed E-state index contributed by atoms with van der Waals surface area (Å²) in [7, 11) is 0. The quantitative estimate of drug-likeness (QED) is 0.540. The average Bonchev–Trinajstić information content (AvgIpc) is 3.06. The van der Waals surface area contributed by atoms with Gasteiger partial charge in [-0.1, -0.05) is 22.4 Å². The Kier molecular flexibility index (Phi) is 4.53. The minimum absolute atomic E-state index is 1.04. The molecular weight excluding hydrogens is 334 g/mol. The number of rotatable bonds is 6. The Balaban J connectivity index is 1.47. The first-order chi connectivity index (χ1) is 9.81. The van der Waals surface area contributed by atoms with Gasteiger partial charge in [0.1, 0.15) is 5.76 Å². The molecule has 4 heteroatoms. The Hall–Kier alpha value is -1.13. The van der Waals surface area contributed by atoms with Gasteiger partial charge < -0.3 is 4.42 Å². The molecule has 20 heavy (non-hydrogen) atoms. The normalized spacial score (nSPS) is 11.2. The zero-order chi connectivity index (χ0) is 13.8. The molecule has 0 aliphatic rings. The van der Waals surface area contributed by atoms with E-state index in [4.69, 9.17) is 4.42 Å². The number of hydrogen-bond donors (Lipinski definition) is 0. The highest BCUT2D eigenvalue weighted by Crippen LogP contribution is 2.26. The Morgan fingerprint density at radius 2 is 2.00 bits per heavy atom. The molecule has 0 amide bonds. The van der Waals surface area contributed by atoms with E-state index in [1.165, 1.54) is 29.0 Å². The van der Waals surface area contributed by atoms with Crippen molar-refractivity contribution < 1.29 is 4.42 Å². The van der Waals surface area contributed by atoms with Crippen LogP contribution in [-0.4, -0.2) is 4.98 Å². The third-order valence-corrected chi connectivity index (χ3v) is 4.86. The van der Waals surface area contributed by atoms with Crippen molar-refractivity contribution in [2.45, 2.75) is 32.1 Å². The van der Waals surface area contributed by atoms with Gasteiger partial charge in [-0.3, -0.25) is 0 Å². The van der Waals surface area contributed by atoms with Crippen molar-refractivity contribution in [1.82, 2.24) is 4.98 Å². The maximum Gasteiger partial charge on any atom is 0.103 e. The highest BCUT2D eigenvalue weighted by atomic mass is 79.9. The van der Waals surface area contributed by atoms with Crippen LogP contribution in [0.1, 0.15) is 30.0 Å². The van der Waals surface area contributed by atoms with Gasteiger partial charge in [0.15, 0.2) is 0 Å². The molecule has 0 saturated carbocycles. The summed E-state index contributed by atoms with van der Waals surface area (Å²) in [5.74, 6) is 1.09. The lowest BCUT2D eigenvalue weighted by atomic mass is 10.1. The summed E-state index contributed by atoms with van der Waals surface area (Å²) in [6.45, 7) is 0. The highest BCUT2D eigenvalue weighted by Gasteiger charge is 2.04. The standard InChI is InChI=1S/C16H16BrNOS/c17-12-8-9-14-15(11-12)20-16(18-14)7-3-1-2-5-13-6-4-10-19-13/h4,6,8-11H,1-3,5,7H2. The largest absolute Gasteiger partial charge is 0.469 e. The predicted molar refractivity (Wildman–Crippen MR) is 87.3 cm³/mol. The van der Waals surface area contributed by atoms with Crippen molar-refractivity contribution in [2.75, 3.05) is 0 Å². The molecule has 2 aromatic heterocycles.